The van der Waals surface area contributed by atoms with Crippen LogP contribution < -0.4 is 11.1 Å². The molecule has 3 heterocycles. The van der Waals surface area contributed by atoms with Gasteiger partial charge in [0.25, 0.3) is 0 Å². The molecular weight excluding hydrogens is 340 g/mol. The standard InChI is InChI=1S/C19H18N8/c20-18(21)10-1-3-12-14(7-10)26-16(24-12)9-17-25-13-4-2-11(8-15(13)27-17)19-22-5-6-23-19/h1-4,7-8H,5-6,9H2,(H3,20,21)(H,22,23)(H,24,26)(H,25,27). The van der Waals surface area contributed by atoms with Crippen LogP contribution in [-0.2, 0) is 6.42 Å². The molecule has 8 nitrogen and oxygen atoms in total. The zero-order valence-corrected chi connectivity index (χ0v) is 14.5. The largest absolute Gasteiger partial charge is 0.384 e. The van der Waals surface area contributed by atoms with Crippen molar-refractivity contribution < 1.29 is 0 Å². The highest BCUT2D eigenvalue weighted by molar-refractivity contribution is 6.02. The van der Waals surface area contributed by atoms with Gasteiger partial charge in [-0.25, -0.2) is 9.97 Å². The molecule has 0 bridgehead atoms. The van der Waals surface area contributed by atoms with Crippen molar-refractivity contribution in [1.29, 1.82) is 5.41 Å². The van der Waals surface area contributed by atoms with E-state index in [2.05, 4.69) is 25.3 Å². The minimum Gasteiger partial charge on any atom is -0.384 e. The summed E-state index contributed by atoms with van der Waals surface area (Å²) in [6.45, 7) is 1.70. The van der Waals surface area contributed by atoms with Crippen LogP contribution in [0.15, 0.2) is 41.4 Å². The van der Waals surface area contributed by atoms with Gasteiger partial charge in [0.15, 0.2) is 0 Å². The van der Waals surface area contributed by atoms with Crippen molar-refractivity contribution in [3.05, 3.63) is 59.2 Å². The molecule has 2 aromatic carbocycles. The lowest BCUT2D eigenvalue weighted by Gasteiger charge is -2.01. The van der Waals surface area contributed by atoms with Gasteiger partial charge in [-0.1, -0.05) is 0 Å². The molecule has 5 rings (SSSR count). The van der Waals surface area contributed by atoms with Gasteiger partial charge >= 0.3 is 0 Å². The molecule has 0 fully saturated rings. The highest BCUT2D eigenvalue weighted by atomic mass is 15.1. The fraction of sp³-hybridized carbons (Fsp3) is 0.158. The first-order chi connectivity index (χ1) is 13.2. The molecular formula is C19H18N8. The molecule has 0 saturated carbocycles. The van der Waals surface area contributed by atoms with Crippen LogP contribution in [0.25, 0.3) is 22.1 Å². The summed E-state index contributed by atoms with van der Waals surface area (Å²) < 4.78 is 0. The number of nitrogens with two attached hydrogens (primary N) is 1. The molecule has 0 unspecified atom stereocenters. The lowest BCUT2D eigenvalue weighted by Crippen LogP contribution is -2.19. The summed E-state index contributed by atoms with van der Waals surface area (Å²) >= 11 is 0. The Hall–Kier alpha value is -3.68. The van der Waals surface area contributed by atoms with Gasteiger partial charge in [0, 0.05) is 17.7 Å². The SMILES string of the molecule is N=C(N)c1ccc2[nH]c(Cc3nc4cc(C5=NCCN5)ccc4[nH]3)nc2c1. The zero-order chi connectivity index (χ0) is 18.4. The molecule has 6 N–H and O–H groups in total. The van der Waals surface area contributed by atoms with Crippen molar-refractivity contribution in [2.24, 2.45) is 10.7 Å². The van der Waals surface area contributed by atoms with Crippen molar-refractivity contribution >= 4 is 33.7 Å². The van der Waals surface area contributed by atoms with E-state index >= 15 is 0 Å². The minimum absolute atomic E-state index is 0.0379. The number of benzene rings is 2. The number of aromatic nitrogens is 4. The molecule has 0 saturated heterocycles. The third-order valence-corrected chi connectivity index (χ3v) is 4.66. The number of fused-ring (bicyclic) bond motifs is 2. The van der Waals surface area contributed by atoms with Gasteiger partial charge in [-0.15, -0.1) is 0 Å². The van der Waals surface area contributed by atoms with Crippen molar-refractivity contribution in [2.75, 3.05) is 13.1 Å². The first kappa shape index (κ1) is 15.6. The second-order valence-electron chi connectivity index (χ2n) is 6.58. The molecule has 0 aliphatic carbocycles. The molecule has 0 atom stereocenters. The summed E-state index contributed by atoms with van der Waals surface area (Å²) in [7, 11) is 0. The van der Waals surface area contributed by atoms with E-state index in [0.717, 1.165) is 58.2 Å². The second-order valence-corrected chi connectivity index (χ2v) is 6.58. The summed E-state index contributed by atoms with van der Waals surface area (Å²) in [5, 5.41) is 10.8. The zero-order valence-electron chi connectivity index (χ0n) is 14.5. The van der Waals surface area contributed by atoms with Gasteiger partial charge < -0.3 is 21.0 Å². The van der Waals surface area contributed by atoms with Gasteiger partial charge in [0.1, 0.15) is 23.3 Å². The van der Waals surface area contributed by atoms with Gasteiger partial charge in [-0.3, -0.25) is 10.4 Å². The van der Waals surface area contributed by atoms with Crippen LogP contribution in [0.3, 0.4) is 0 Å². The number of H-pyrrole nitrogens is 2. The summed E-state index contributed by atoms with van der Waals surface area (Å²) in [4.78, 5) is 20.4. The lowest BCUT2D eigenvalue weighted by molar-refractivity contribution is 0.959. The first-order valence-electron chi connectivity index (χ1n) is 8.76. The van der Waals surface area contributed by atoms with Crippen LogP contribution in [-0.4, -0.2) is 44.7 Å². The normalized spacial score (nSPS) is 13.9. The Labute approximate surface area is 154 Å². The monoisotopic (exact) mass is 358 g/mol. The smallest absolute Gasteiger partial charge is 0.128 e. The van der Waals surface area contributed by atoms with Crippen LogP contribution in [0.1, 0.15) is 22.8 Å². The van der Waals surface area contributed by atoms with E-state index in [4.69, 9.17) is 16.1 Å². The number of rotatable bonds is 4. The van der Waals surface area contributed by atoms with Crippen molar-refractivity contribution in [1.82, 2.24) is 25.3 Å². The second kappa shape index (κ2) is 5.94. The number of aromatic amines is 2. The van der Waals surface area contributed by atoms with Crippen LogP contribution >= 0.6 is 0 Å². The predicted octanol–water partition coefficient (Wildman–Crippen LogP) is 1.66. The van der Waals surface area contributed by atoms with Gasteiger partial charge in [0.2, 0.25) is 0 Å². The average Bonchev–Trinajstić information content (AvgIpc) is 3.39. The Morgan fingerprint density at radius 3 is 2.37 bits per heavy atom. The molecule has 2 aromatic heterocycles. The molecule has 134 valence electrons. The first-order valence-corrected chi connectivity index (χ1v) is 8.76. The number of hydrogen-bond acceptors (Lipinski definition) is 5. The minimum atomic E-state index is 0.0379. The topological polar surface area (TPSA) is 132 Å². The van der Waals surface area contributed by atoms with Crippen molar-refractivity contribution in [3.8, 4) is 0 Å². The van der Waals surface area contributed by atoms with Crippen molar-refractivity contribution in [2.45, 2.75) is 6.42 Å². The Morgan fingerprint density at radius 1 is 1.00 bits per heavy atom. The van der Waals surface area contributed by atoms with Gasteiger partial charge in [0.05, 0.1) is 35.0 Å². The third-order valence-electron chi connectivity index (χ3n) is 4.66. The Bertz CT molecular complexity index is 1210. The van der Waals surface area contributed by atoms with Crippen LogP contribution in [0.2, 0.25) is 0 Å². The maximum Gasteiger partial charge on any atom is 0.128 e. The fourth-order valence-electron chi connectivity index (χ4n) is 3.35. The molecule has 27 heavy (non-hydrogen) atoms. The number of imidazole rings is 2. The summed E-state index contributed by atoms with van der Waals surface area (Å²) in [5.41, 5.74) is 10.9. The third kappa shape index (κ3) is 2.80. The predicted molar refractivity (Wildman–Crippen MR) is 105 cm³/mol. The van der Waals surface area contributed by atoms with E-state index in [9.17, 15) is 0 Å². The number of nitrogens with zero attached hydrogens (tertiary/aromatic N) is 3. The van der Waals surface area contributed by atoms with E-state index in [1.165, 1.54) is 0 Å². The molecule has 0 spiro atoms. The summed E-state index contributed by atoms with van der Waals surface area (Å²) in [5.74, 6) is 2.62. The Balaban J connectivity index is 1.45. The molecule has 4 aromatic rings. The van der Waals surface area contributed by atoms with Gasteiger partial charge in [-0.05, 0) is 36.4 Å². The highest BCUT2D eigenvalue weighted by Gasteiger charge is 2.12. The van der Waals surface area contributed by atoms with Crippen LogP contribution in [0.5, 0.6) is 0 Å². The van der Waals surface area contributed by atoms with E-state index < -0.39 is 0 Å². The summed E-state index contributed by atoms with van der Waals surface area (Å²) in [6.07, 6.45) is 0.563. The van der Waals surface area contributed by atoms with E-state index in [-0.39, 0.29) is 5.84 Å². The molecule has 1 aliphatic rings. The maximum atomic E-state index is 7.55. The van der Waals surface area contributed by atoms with Crippen molar-refractivity contribution in [3.63, 3.8) is 0 Å². The highest BCUT2D eigenvalue weighted by Crippen LogP contribution is 2.18. The summed E-state index contributed by atoms with van der Waals surface area (Å²) in [6, 6.07) is 11.6. The van der Waals surface area contributed by atoms with Gasteiger partial charge in [-0.2, -0.15) is 0 Å². The Morgan fingerprint density at radius 2 is 1.70 bits per heavy atom. The van der Waals surface area contributed by atoms with Crippen LogP contribution in [0, 0.1) is 5.41 Å². The average molecular weight is 358 g/mol. The number of aliphatic imine (C=N–C) groups is 1. The number of nitrogen functional groups attached to an aromatic ring is 1. The maximum absolute atomic E-state index is 7.55. The lowest BCUT2D eigenvalue weighted by atomic mass is 10.2. The van der Waals surface area contributed by atoms with Crippen LogP contribution in [0.4, 0.5) is 0 Å². The Kier molecular flexibility index (Phi) is 3.43. The fourth-order valence-corrected chi connectivity index (χ4v) is 3.35. The molecule has 8 heteroatoms. The quantitative estimate of drug-likeness (QED) is 0.280. The molecule has 1 aliphatic heterocycles. The van der Waals surface area contributed by atoms with E-state index in [1.807, 2.05) is 36.4 Å². The molecule has 0 amide bonds. The number of hydrogen-bond donors (Lipinski definition) is 5. The molecule has 0 radical (unpaired) electrons. The number of nitrogens with one attached hydrogen (secondary N) is 4. The van der Waals surface area contributed by atoms with E-state index in [0.29, 0.717) is 12.0 Å². The van der Waals surface area contributed by atoms with E-state index in [1.54, 1.807) is 0 Å². The number of amidine groups is 2.